The van der Waals surface area contributed by atoms with E-state index in [2.05, 4.69) is 17.1 Å². The summed E-state index contributed by atoms with van der Waals surface area (Å²) in [7, 11) is 0. The van der Waals surface area contributed by atoms with Crippen LogP contribution in [0.25, 0.3) is 0 Å². The molecule has 1 unspecified atom stereocenters. The van der Waals surface area contributed by atoms with Crippen LogP contribution in [-0.4, -0.2) is 11.5 Å². The molecule has 2 nitrogen and oxygen atoms in total. The second-order valence-corrected chi connectivity index (χ2v) is 7.47. The average Bonchev–Trinajstić information content (AvgIpc) is 2.46. The number of aromatic nitrogens is 1. The maximum atomic E-state index is 5.94. The predicted octanol–water partition coefficient (Wildman–Crippen LogP) is 3.59. The van der Waals surface area contributed by atoms with Crippen LogP contribution in [0.1, 0.15) is 50.0 Å². The summed E-state index contributed by atoms with van der Waals surface area (Å²) in [4.78, 5) is 4.19. The molecule has 4 aliphatic carbocycles. The van der Waals surface area contributed by atoms with E-state index in [4.69, 9.17) is 5.73 Å². The fourth-order valence-electron chi connectivity index (χ4n) is 6.00. The van der Waals surface area contributed by atoms with E-state index in [1.54, 1.807) is 0 Å². The van der Waals surface area contributed by atoms with E-state index < -0.39 is 0 Å². The van der Waals surface area contributed by atoms with Gasteiger partial charge in [0.25, 0.3) is 0 Å². The van der Waals surface area contributed by atoms with Crippen LogP contribution in [-0.2, 0) is 0 Å². The Balaban J connectivity index is 1.63. The molecule has 0 aliphatic heterocycles. The van der Waals surface area contributed by atoms with Gasteiger partial charge in [-0.15, -0.1) is 0 Å². The first-order valence-electron chi connectivity index (χ1n) is 8.45. The van der Waals surface area contributed by atoms with E-state index in [0.717, 1.165) is 42.6 Å². The highest BCUT2D eigenvalue weighted by Crippen LogP contribution is 2.60. The highest BCUT2D eigenvalue weighted by molar-refractivity contribution is 5.19. The molecule has 1 aromatic rings. The maximum absolute atomic E-state index is 5.94. The van der Waals surface area contributed by atoms with E-state index >= 15 is 0 Å². The Bertz CT molecular complexity index is 428. The van der Waals surface area contributed by atoms with Crippen molar-refractivity contribution < 1.29 is 0 Å². The van der Waals surface area contributed by atoms with Gasteiger partial charge in [0.1, 0.15) is 0 Å². The molecule has 4 bridgehead atoms. The highest BCUT2D eigenvalue weighted by Gasteiger charge is 2.50. The predicted molar refractivity (Wildman–Crippen MR) is 81.2 cm³/mol. The fraction of sp³-hybridized carbons (Fsp3) is 0.722. The van der Waals surface area contributed by atoms with Crippen LogP contribution >= 0.6 is 0 Å². The van der Waals surface area contributed by atoms with Crippen molar-refractivity contribution in [2.24, 2.45) is 35.3 Å². The largest absolute Gasteiger partial charge is 0.330 e. The lowest BCUT2D eigenvalue weighted by Crippen LogP contribution is -2.47. The first-order valence-corrected chi connectivity index (χ1v) is 8.45. The summed E-state index contributed by atoms with van der Waals surface area (Å²) in [5.74, 6) is 5.66. The molecule has 4 aliphatic rings. The van der Waals surface area contributed by atoms with Crippen LogP contribution in [0, 0.1) is 29.6 Å². The van der Waals surface area contributed by atoms with Gasteiger partial charge in [0.2, 0.25) is 0 Å². The molecule has 2 N–H and O–H groups in total. The second kappa shape index (κ2) is 5.14. The van der Waals surface area contributed by atoms with Crippen LogP contribution in [0.4, 0.5) is 0 Å². The Kier molecular flexibility index (Phi) is 3.30. The van der Waals surface area contributed by atoms with Gasteiger partial charge in [0.15, 0.2) is 0 Å². The monoisotopic (exact) mass is 270 g/mol. The molecular weight excluding hydrogens is 244 g/mol. The quantitative estimate of drug-likeness (QED) is 0.908. The van der Waals surface area contributed by atoms with Gasteiger partial charge in [-0.25, -0.2) is 0 Å². The van der Waals surface area contributed by atoms with Crippen molar-refractivity contribution >= 4 is 0 Å². The average molecular weight is 270 g/mol. The lowest BCUT2D eigenvalue weighted by atomic mass is 9.49. The van der Waals surface area contributed by atoms with E-state index in [9.17, 15) is 0 Å². The van der Waals surface area contributed by atoms with Gasteiger partial charge >= 0.3 is 0 Å². The molecule has 1 atom stereocenters. The zero-order valence-corrected chi connectivity index (χ0v) is 12.2. The Labute approximate surface area is 122 Å². The third-order valence-electron chi connectivity index (χ3n) is 6.38. The molecule has 20 heavy (non-hydrogen) atoms. The number of pyridine rings is 1. The third kappa shape index (κ3) is 2.09. The minimum Gasteiger partial charge on any atom is -0.330 e. The summed E-state index contributed by atoms with van der Waals surface area (Å²) in [5, 5.41) is 0. The van der Waals surface area contributed by atoms with Crippen LogP contribution in [0.2, 0.25) is 0 Å². The van der Waals surface area contributed by atoms with Gasteiger partial charge < -0.3 is 5.73 Å². The Hall–Kier alpha value is -0.890. The SMILES string of the molecule is NCCC(c1ccncc1)C1C2CC3CC(C2)CC1C3. The molecule has 1 heterocycles. The van der Waals surface area contributed by atoms with Gasteiger partial charge in [-0.1, -0.05) is 0 Å². The Morgan fingerprint density at radius 1 is 1.00 bits per heavy atom. The first kappa shape index (κ1) is 12.8. The van der Waals surface area contributed by atoms with Crippen molar-refractivity contribution in [3.8, 4) is 0 Å². The summed E-state index contributed by atoms with van der Waals surface area (Å²) >= 11 is 0. The summed E-state index contributed by atoms with van der Waals surface area (Å²) < 4.78 is 0. The summed E-state index contributed by atoms with van der Waals surface area (Å²) in [6, 6.07) is 4.46. The van der Waals surface area contributed by atoms with E-state index in [1.807, 2.05) is 12.4 Å². The molecule has 1 aromatic heterocycles. The molecule has 5 rings (SSSR count). The lowest BCUT2D eigenvalue weighted by Gasteiger charge is -2.56. The normalized spacial score (nSPS) is 40.0. The van der Waals surface area contributed by atoms with Crippen molar-refractivity contribution in [1.82, 2.24) is 4.98 Å². The number of nitrogens with two attached hydrogens (primary N) is 1. The zero-order chi connectivity index (χ0) is 13.5. The van der Waals surface area contributed by atoms with Gasteiger partial charge in [-0.05, 0) is 98.3 Å². The van der Waals surface area contributed by atoms with Crippen LogP contribution < -0.4 is 5.73 Å². The smallest absolute Gasteiger partial charge is 0.0270 e. The van der Waals surface area contributed by atoms with E-state index in [0.29, 0.717) is 5.92 Å². The number of nitrogens with zero attached hydrogens (tertiary/aromatic N) is 1. The Morgan fingerprint density at radius 2 is 1.60 bits per heavy atom. The van der Waals surface area contributed by atoms with E-state index in [1.165, 1.54) is 37.7 Å². The molecule has 0 aromatic carbocycles. The molecule has 0 spiro atoms. The number of hydrogen-bond donors (Lipinski definition) is 1. The molecule has 0 amide bonds. The van der Waals surface area contributed by atoms with Crippen molar-refractivity contribution in [2.75, 3.05) is 6.54 Å². The standard InChI is InChI=1S/C18H26N2/c19-4-1-17(14-2-5-20-6-3-14)18-15-8-12-7-13(10-15)11-16(18)9-12/h2-3,5-6,12-13,15-18H,1,4,7-11,19H2. The number of hydrogen-bond acceptors (Lipinski definition) is 2. The van der Waals surface area contributed by atoms with Crippen molar-refractivity contribution in [3.63, 3.8) is 0 Å². The number of rotatable bonds is 4. The van der Waals surface area contributed by atoms with Crippen LogP contribution in [0.5, 0.6) is 0 Å². The Morgan fingerprint density at radius 3 is 2.15 bits per heavy atom. The first-order chi connectivity index (χ1) is 9.85. The lowest BCUT2D eigenvalue weighted by molar-refractivity contribution is -0.0486. The summed E-state index contributed by atoms with van der Waals surface area (Å²) in [6.45, 7) is 0.815. The minimum atomic E-state index is 0.679. The minimum absolute atomic E-state index is 0.679. The van der Waals surface area contributed by atoms with Crippen molar-refractivity contribution in [1.29, 1.82) is 0 Å². The fourth-order valence-corrected chi connectivity index (χ4v) is 6.00. The maximum Gasteiger partial charge on any atom is 0.0270 e. The van der Waals surface area contributed by atoms with Gasteiger partial charge in [0.05, 0.1) is 0 Å². The third-order valence-corrected chi connectivity index (χ3v) is 6.38. The molecule has 0 saturated heterocycles. The van der Waals surface area contributed by atoms with Gasteiger partial charge in [0, 0.05) is 12.4 Å². The molecule has 4 saturated carbocycles. The van der Waals surface area contributed by atoms with Crippen LogP contribution in [0.15, 0.2) is 24.5 Å². The topological polar surface area (TPSA) is 38.9 Å². The zero-order valence-electron chi connectivity index (χ0n) is 12.2. The van der Waals surface area contributed by atoms with E-state index in [-0.39, 0.29) is 0 Å². The van der Waals surface area contributed by atoms with Gasteiger partial charge in [-0.3, -0.25) is 4.98 Å². The van der Waals surface area contributed by atoms with Crippen molar-refractivity contribution in [2.45, 2.75) is 44.4 Å². The van der Waals surface area contributed by atoms with Crippen molar-refractivity contribution in [3.05, 3.63) is 30.1 Å². The summed E-state index contributed by atoms with van der Waals surface area (Å²) in [6.07, 6.45) is 12.6. The van der Waals surface area contributed by atoms with Gasteiger partial charge in [-0.2, -0.15) is 0 Å². The molecule has 2 heteroatoms. The molecular formula is C18H26N2. The van der Waals surface area contributed by atoms with Crippen LogP contribution in [0.3, 0.4) is 0 Å². The molecule has 4 fully saturated rings. The summed E-state index contributed by atoms with van der Waals surface area (Å²) in [5.41, 5.74) is 7.43. The molecule has 0 radical (unpaired) electrons. The second-order valence-electron chi connectivity index (χ2n) is 7.47. The highest BCUT2D eigenvalue weighted by atomic mass is 14.6. The molecule has 108 valence electrons.